The lowest BCUT2D eigenvalue weighted by Crippen LogP contribution is -2.45. The Hall–Kier alpha value is -10.1. The topological polar surface area (TPSA) is 271 Å². The van der Waals surface area contributed by atoms with Crippen LogP contribution in [0.3, 0.4) is 0 Å². The van der Waals surface area contributed by atoms with Crippen LogP contribution in [0.4, 0.5) is 52.1 Å². The largest absolute Gasteiger partial charge is 0.498 e. The number of rotatable bonds is 5. The smallest absolute Gasteiger partial charge is 0.444 e. The number of nitrogens with one attached hydrogen (secondary N) is 2. The zero-order valence-electron chi connectivity index (χ0n) is 64.5. The number of pyridine rings is 4. The number of amides is 4. The van der Waals surface area contributed by atoms with E-state index in [1.165, 1.54) is 61.1 Å². The summed E-state index contributed by atoms with van der Waals surface area (Å²) in [6, 6.07) is 14.3. The number of halogens is 9. The molecule has 112 heavy (non-hydrogen) atoms. The molecule has 25 nitrogen and oxygen atoms in total. The molecule has 8 aromatic heterocycles. The van der Waals surface area contributed by atoms with Gasteiger partial charge in [-0.3, -0.25) is 33.7 Å². The Morgan fingerprint density at radius 3 is 1.31 bits per heavy atom. The van der Waals surface area contributed by atoms with E-state index in [-0.39, 0.29) is 51.5 Å². The van der Waals surface area contributed by atoms with Gasteiger partial charge >= 0.3 is 25.3 Å². The highest BCUT2D eigenvalue weighted by atomic mass is 35.5. The summed E-state index contributed by atoms with van der Waals surface area (Å²) in [6.07, 6.45) is 11.1. The van der Waals surface area contributed by atoms with Crippen molar-refractivity contribution in [2.24, 2.45) is 0 Å². The first-order valence-corrected chi connectivity index (χ1v) is 36.9. The zero-order chi connectivity index (χ0) is 81.5. The summed E-state index contributed by atoms with van der Waals surface area (Å²) >= 11 is 16.6. The molecular weight excluding hydrogens is 1520 g/mol. The lowest BCUT2D eigenvalue weighted by atomic mass is 9.79. The van der Waals surface area contributed by atoms with Gasteiger partial charge in [-0.05, 0) is 180 Å². The fourth-order valence-corrected chi connectivity index (χ4v) is 12.3. The van der Waals surface area contributed by atoms with E-state index in [0.29, 0.717) is 109 Å². The number of hydrogen-bond acceptors (Lipinski definition) is 17. The number of benzene rings is 2. The Kier molecular flexibility index (Phi) is 26.6. The quantitative estimate of drug-likeness (QED) is 0.0625. The minimum atomic E-state index is -0.548. The van der Waals surface area contributed by atoms with Gasteiger partial charge in [-0.25, -0.2) is 45.7 Å². The molecule has 0 saturated carbocycles. The minimum Gasteiger partial charge on any atom is -0.444 e. The number of fused-ring (bicyclic) bond motifs is 4. The maximum absolute atomic E-state index is 13.5. The van der Waals surface area contributed by atoms with E-state index in [9.17, 15) is 40.7 Å². The second-order valence-electron chi connectivity index (χ2n) is 29.9. The second-order valence-corrected chi connectivity index (χ2v) is 31.1. The van der Waals surface area contributed by atoms with Crippen LogP contribution in [-0.4, -0.2) is 148 Å². The molecule has 594 valence electrons. The third-order valence-electron chi connectivity index (χ3n) is 18.6. The van der Waals surface area contributed by atoms with E-state index in [4.69, 9.17) is 59.3 Å². The second kappa shape index (κ2) is 35.3. The molecule has 1 saturated heterocycles. The molecule has 0 unspecified atom stereocenters. The molecule has 4 N–H and O–H groups in total. The van der Waals surface area contributed by atoms with Crippen LogP contribution in [-0.2, 0) is 71.1 Å². The number of hydrogen-bond donors (Lipinski definition) is 3. The van der Waals surface area contributed by atoms with Crippen molar-refractivity contribution >= 4 is 77.0 Å². The normalized spacial score (nSPS) is 15.1. The van der Waals surface area contributed by atoms with Crippen molar-refractivity contribution in [2.45, 2.75) is 172 Å². The average molecular weight is 1610 g/mol. The number of anilines is 2. The molecule has 13 heterocycles. The third-order valence-corrected chi connectivity index (χ3v) is 19.4. The molecule has 5 aliphatic rings. The first-order valence-electron chi connectivity index (χ1n) is 35.8. The number of urea groups is 1. The molecule has 1 fully saturated rings. The van der Waals surface area contributed by atoms with Gasteiger partial charge < -0.3 is 49.8 Å². The molecular formula is C77H88BCl3F6N18O7. The van der Waals surface area contributed by atoms with E-state index in [2.05, 4.69) is 51.0 Å². The van der Waals surface area contributed by atoms with Crippen LogP contribution >= 0.6 is 34.8 Å². The van der Waals surface area contributed by atoms with Gasteiger partial charge in [-0.1, -0.05) is 34.8 Å². The maximum atomic E-state index is 13.5. The van der Waals surface area contributed by atoms with Crippen LogP contribution in [0.15, 0.2) is 110 Å². The van der Waals surface area contributed by atoms with Gasteiger partial charge in [-0.15, -0.1) is 0 Å². The molecule has 4 amide bonds. The van der Waals surface area contributed by atoms with Crippen LogP contribution < -0.4 is 21.8 Å². The number of nitrogens with zero attached hydrogens (tertiary/aromatic N) is 15. The Balaban J connectivity index is 0.000000148. The average Bonchev–Trinajstić information content (AvgIpc) is 1.59. The Morgan fingerprint density at radius 1 is 0.491 bits per heavy atom. The standard InChI is InChI=1S/C19H16ClF2N5O.C17H28BN3O4.C17H21FN4O2.C12H13FN4.2C6H5ClFN/c1-11-6-17(23-9-16(11)22)13-8-24-27-5-4-26(10-18(13)27)19(28)25-12-2-3-15(21)14(20)7-12;1-15(2,3)23-14(22)20-8-9-21-13(11-20)12(10-19-21)18-24-16(4,5)17(6,7)25-18;1-11-7-14(19-9-13(11)18)12-8-20-22-6-5-21(10-15(12)22)16(23)24-17(2,3)4;1-8-4-11(15-6-10(8)13)9-5-16-17-3-2-14-7-12(9)17;1-4-2-6(7)9-3-5(4)8;7-5-3-4(9)1-2-6(5)8/h2-3,6-9H,4-5,10H2,1H3,(H,25,28);10H,8-9,11H2,1-7H3;7-9H,5-6,10H2,1-4H3;4-6,14H,2-3,7H2,1H3;2-3H,1H3;1-3H,9H2. The monoisotopic (exact) mass is 1610 g/mol. The molecule has 0 aliphatic carbocycles. The van der Waals surface area contributed by atoms with Gasteiger partial charge in [0.1, 0.15) is 51.3 Å². The fourth-order valence-electron chi connectivity index (χ4n) is 11.7. The number of aryl methyl sites for hydroxylation is 4. The highest BCUT2D eigenvalue weighted by Gasteiger charge is 2.53. The first-order chi connectivity index (χ1) is 52.7. The van der Waals surface area contributed by atoms with Gasteiger partial charge in [0.15, 0.2) is 0 Å². The Morgan fingerprint density at radius 2 is 0.884 bits per heavy atom. The van der Waals surface area contributed by atoms with Crippen molar-refractivity contribution in [3.63, 3.8) is 0 Å². The van der Waals surface area contributed by atoms with Crippen LogP contribution in [0.5, 0.6) is 0 Å². The van der Waals surface area contributed by atoms with Gasteiger partial charge in [0, 0.05) is 72.4 Å². The predicted molar refractivity (Wildman–Crippen MR) is 414 cm³/mol. The van der Waals surface area contributed by atoms with E-state index in [1.54, 1.807) is 79.2 Å². The molecule has 15 rings (SSSR count). The van der Waals surface area contributed by atoms with Crippen molar-refractivity contribution in [1.29, 1.82) is 0 Å². The first kappa shape index (κ1) is 84.3. The molecule has 0 radical (unpaired) electrons. The minimum absolute atomic E-state index is 0.0606. The molecule has 35 heteroatoms. The van der Waals surface area contributed by atoms with E-state index in [0.717, 1.165) is 76.5 Å². The van der Waals surface area contributed by atoms with Gasteiger partial charge in [-0.2, -0.15) is 20.4 Å². The lowest BCUT2D eigenvalue weighted by Gasteiger charge is -2.32. The van der Waals surface area contributed by atoms with Gasteiger partial charge in [0.2, 0.25) is 0 Å². The summed E-state index contributed by atoms with van der Waals surface area (Å²) in [5.41, 5.74) is 15.7. The number of carbonyl (C=O) groups excluding carboxylic acids is 3. The van der Waals surface area contributed by atoms with Crippen molar-refractivity contribution in [1.82, 2.24) is 79.1 Å². The summed E-state index contributed by atoms with van der Waals surface area (Å²) in [5, 5.41) is 23.8. The predicted octanol–water partition coefficient (Wildman–Crippen LogP) is 15.0. The number of ether oxygens (including phenoxy) is 2. The number of nitrogens with two attached hydrogens (primary N) is 1. The van der Waals surface area contributed by atoms with Crippen LogP contribution in [0.2, 0.25) is 15.2 Å². The molecule has 5 aliphatic heterocycles. The highest BCUT2D eigenvalue weighted by molar-refractivity contribution is 6.62. The maximum Gasteiger partial charge on any atom is 0.498 e. The molecule has 0 atom stereocenters. The molecule has 0 bridgehead atoms. The number of nitrogen functional groups attached to an aromatic ring is 1. The van der Waals surface area contributed by atoms with Crippen LogP contribution in [0.25, 0.3) is 33.8 Å². The molecule has 10 aromatic rings. The Labute approximate surface area is 660 Å². The summed E-state index contributed by atoms with van der Waals surface area (Å²) < 4.78 is 109. The van der Waals surface area contributed by atoms with Gasteiger partial charge in [0.05, 0.1) is 150 Å². The van der Waals surface area contributed by atoms with E-state index < -0.39 is 41.2 Å². The summed E-state index contributed by atoms with van der Waals surface area (Å²) in [4.78, 5) is 58.3. The lowest BCUT2D eigenvalue weighted by molar-refractivity contribution is 0.00578. The van der Waals surface area contributed by atoms with Crippen LogP contribution in [0.1, 0.15) is 114 Å². The Bertz CT molecular complexity index is 5000. The van der Waals surface area contributed by atoms with Crippen molar-refractivity contribution < 1.29 is 59.5 Å². The summed E-state index contributed by atoms with van der Waals surface area (Å²) in [7, 11) is -0.479. The number of aromatic nitrogens is 12. The zero-order valence-corrected chi connectivity index (χ0v) is 66.8. The highest BCUT2D eigenvalue weighted by Crippen LogP contribution is 2.38. The van der Waals surface area contributed by atoms with Crippen molar-refractivity contribution in [2.75, 3.05) is 37.2 Å². The molecule has 0 spiro atoms. The van der Waals surface area contributed by atoms with Gasteiger partial charge in [0.25, 0.3) is 0 Å². The molecule has 2 aromatic carbocycles. The van der Waals surface area contributed by atoms with E-state index >= 15 is 0 Å². The third kappa shape index (κ3) is 21.2. The van der Waals surface area contributed by atoms with E-state index in [1.807, 2.05) is 94.2 Å². The summed E-state index contributed by atoms with van der Waals surface area (Å²) in [6.45, 7) is 33.0. The van der Waals surface area contributed by atoms with Crippen molar-refractivity contribution in [3.8, 4) is 33.8 Å². The fraction of sp³-hybridized carbons (Fsp3) is 0.390. The summed E-state index contributed by atoms with van der Waals surface area (Å²) in [5.74, 6) is -2.29. The number of carbonyl (C=O) groups is 3. The van der Waals surface area contributed by atoms with Crippen molar-refractivity contribution in [3.05, 3.63) is 205 Å². The van der Waals surface area contributed by atoms with Crippen LogP contribution in [0, 0.1) is 62.6 Å². The SMILES string of the molecule is CC(C)(C)OC(=O)N1CCn2ncc(B3OC(C)(C)C(C)(C)O3)c2C1.Cc1cc(-c2cnn3c2CN(C(=O)Nc2ccc(F)c(Cl)c2)CC3)ncc1F.Cc1cc(-c2cnn3c2CN(C(=O)OC(C)(C)C)CC3)ncc1F.Cc1cc(-c2cnn3c2CNCC3)ncc1F.Cc1cc(Cl)ncc1F.Nc1ccc(F)c(Cl)c1.